The predicted octanol–water partition coefficient (Wildman–Crippen LogP) is 2.12. The van der Waals surface area contributed by atoms with Gasteiger partial charge in [-0.2, -0.15) is 0 Å². The second-order valence-corrected chi connectivity index (χ2v) is 4.71. The number of epoxide rings is 1. The maximum atomic E-state index is 11.0. The minimum absolute atomic E-state index is 0.259. The van der Waals surface area contributed by atoms with Gasteiger partial charge in [0.05, 0.1) is 12.7 Å². The second-order valence-electron chi connectivity index (χ2n) is 4.71. The summed E-state index contributed by atoms with van der Waals surface area (Å²) in [6.45, 7) is 9.50. The van der Waals surface area contributed by atoms with Crippen LogP contribution in [0.25, 0.3) is 0 Å². The van der Waals surface area contributed by atoms with Crippen LogP contribution in [0.3, 0.4) is 0 Å². The molecule has 0 bridgehead atoms. The van der Waals surface area contributed by atoms with Crippen LogP contribution in [-0.4, -0.2) is 30.1 Å². The third-order valence-electron chi connectivity index (χ3n) is 3.22. The lowest BCUT2D eigenvalue weighted by Crippen LogP contribution is -2.45. The van der Waals surface area contributed by atoms with Crippen LogP contribution in [0.5, 0.6) is 0 Å². The van der Waals surface area contributed by atoms with Gasteiger partial charge in [0.15, 0.2) is 0 Å². The Morgan fingerprint density at radius 3 is 2.00 bits per heavy atom. The van der Waals surface area contributed by atoms with Crippen LogP contribution in [0, 0.1) is 0 Å². The van der Waals surface area contributed by atoms with Gasteiger partial charge in [0.2, 0.25) is 0 Å². The Labute approximate surface area is 84.5 Å². The van der Waals surface area contributed by atoms with Gasteiger partial charge < -0.3 is 14.2 Å². The maximum absolute atomic E-state index is 11.0. The predicted molar refractivity (Wildman–Crippen MR) is 51.1 cm³/mol. The summed E-state index contributed by atoms with van der Waals surface area (Å²) in [6, 6.07) is 0. The standard InChI is InChI=1S/C10H18O4/c1-8(2,13-7(11)12-6)10(5)9(3,4)14-10/h1-6H3. The molecule has 0 aromatic carbocycles. The molecule has 1 atom stereocenters. The highest BCUT2D eigenvalue weighted by atomic mass is 16.7. The Morgan fingerprint density at radius 1 is 1.29 bits per heavy atom. The number of rotatable bonds is 2. The summed E-state index contributed by atoms with van der Waals surface area (Å²) >= 11 is 0. The Kier molecular flexibility index (Phi) is 2.31. The van der Waals surface area contributed by atoms with Crippen molar-refractivity contribution in [2.24, 2.45) is 0 Å². The fourth-order valence-electron chi connectivity index (χ4n) is 1.68. The zero-order valence-electron chi connectivity index (χ0n) is 9.63. The molecule has 1 aliphatic rings. The van der Waals surface area contributed by atoms with Crippen LogP contribution in [0.4, 0.5) is 4.79 Å². The molecule has 0 saturated carbocycles. The van der Waals surface area contributed by atoms with Gasteiger partial charge in [-0.05, 0) is 34.6 Å². The van der Waals surface area contributed by atoms with Crippen LogP contribution in [0.15, 0.2) is 0 Å². The van der Waals surface area contributed by atoms with E-state index in [-0.39, 0.29) is 5.60 Å². The van der Waals surface area contributed by atoms with Crippen molar-refractivity contribution in [3.8, 4) is 0 Å². The van der Waals surface area contributed by atoms with Gasteiger partial charge in [-0.1, -0.05) is 0 Å². The number of hydrogen-bond donors (Lipinski definition) is 0. The first-order chi connectivity index (χ1) is 6.16. The summed E-state index contributed by atoms with van der Waals surface area (Å²) in [5.74, 6) is 0. The Bertz CT molecular complexity index is 257. The zero-order chi connectivity index (χ0) is 11.2. The smallest absolute Gasteiger partial charge is 0.438 e. The number of ether oxygens (including phenoxy) is 3. The van der Waals surface area contributed by atoms with Gasteiger partial charge in [0.1, 0.15) is 11.2 Å². The zero-order valence-corrected chi connectivity index (χ0v) is 9.63. The minimum Gasteiger partial charge on any atom is -0.438 e. The van der Waals surface area contributed by atoms with Gasteiger partial charge in [-0.25, -0.2) is 4.79 Å². The monoisotopic (exact) mass is 202 g/mol. The summed E-state index contributed by atoms with van der Waals surface area (Å²) in [6.07, 6.45) is -0.678. The lowest BCUT2D eigenvalue weighted by atomic mass is 9.83. The molecule has 1 unspecified atom stereocenters. The first-order valence-corrected chi connectivity index (χ1v) is 4.63. The quantitative estimate of drug-likeness (QED) is 0.508. The van der Waals surface area contributed by atoms with Gasteiger partial charge in [0, 0.05) is 0 Å². The molecular weight excluding hydrogens is 184 g/mol. The first-order valence-electron chi connectivity index (χ1n) is 4.63. The van der Waals surface area contributed by atoms with Crippen molar-refractivity contribution in [1.29, 1.82) is 0 Å². The van der Waals surface area contributed by atoms with Crippen LogP contribution in [0.2, 0.25) is 0 Å². The van der Waals surface area contributed by atoms with E-state index in [1.54, 1.807) is 0 Å². The summed E-state index contributed by atoms with van der Waals surface area (Å²) in [5, 5.41) is 0. The van der Waals surface area contributed by atoms with Crippen molar-refractivity contribution in [2.75, 3.05) is 7.11 Å². The summed E-state index contributed by atoms with van der Waals surface area (Å²) in [7, 11) is 1.29. The van der Waals surface area contributed by atoms with Crippen molar-refractivity contribution in [1.82, 2.24) is 0 Å². The lowest BCUT2D eigenvalue weighted by molar-refractivity contribution is -0.0477. The van der Waals surface area contributed by atoms with E-state index < -0.39 is 17.4 Å². The highest BCUT2D eigenvalue weighted by Crippen LogP contribution is 2.55. The normalized spacial score (nSPS) is 29.6. The highest BCUT2D eigenvalue weighted by molar-refractivity contribution is 5.60. The highest BCUT2D eigenvalue weighted by Gasteiger charge is 2.69. The third-order valence-corrected chi connectivity index (χ3v) is 3.22. The van der Waals surface area contributed by atoms with Crippen molar-refractivity contribution < 1.29 is 19.0 Å². The molecule has 14 heavy (non-hydrogen) atoms. The summed E-state index contributed by atoms with van der Waals surface area (Å²) in [5.41, 5.74) is -1.40. The number of methoxy groups -OCH3 is 1. The Morgan fingerprint density at radius 2 is 1.71 bits per heavy atom. The number of carbonyl (C=O) groups excluding carboxylic acids is 1. The molecule has 0 radical (unpaired) electrons. The minimum atomic E-state index is -0.691. The fraction of sp³-hybridized carbons (Fsp3) is 0.900. The molecule has 4 nitrogen and oxygen atoms in total. The largest absolute Gasteiger partial charge is 0.508 e. The number of hydrogen-bond acceptors (Lipinski definition) is 4. The molecule has 0 aromatic rings. The van der Waals surface area contributed by atoms with Gasteiger partial charge in [-0.3, -0.25) is 0 Å². The lowest BCUT2D eigenvalue weighted by Gasteiger charge is -2.29. The topological polar surface area (TPSA) is 48.1 Å². The van der Waals surface area contributed by atoms with E-state index in [9.17, 15) is 4.79 Å². The molecule has 1 aliphatic heterocycles. The SMILES string of the molecule is COC(=O)OC(C)(C)C1(C)OC1(C)C. The van der Waals surface area contributed by atoms with E-state index in [2.05, 4.69) is 4.74 Å². The molecule has 1 rings (SSSR count). The van der Waals surface area contributed by atoms with E-state index in [0.29, 0.717) is 0 Å². The van der Waals surface area contributed by atoms with E-state index in [4.69, 9.17) is 9.47 Å². The molecule has 0 spiro atoms. The average molecular weight is 202 g/mol. The maximum Gasteiger partial charge on any atom is 0.508 e. The molecular formula is C10H18O4. The Balaban J connectivity index is 2.72. The molecule has 0 aromatic heterocycles. The van der Waals surface area contributed by atoms with Crippen molar-refractivity contribution in [3.05, 3.63) is 0 Å². The summed E-state index contributed by atoms with van der Waals surface area (Å²) in [4.78, 5) is 11.0. The van der Waals surface area contributed by atoms with Crippen LogP contribution in [-0.2, 0) is 14.2 Å². The van der Waals surface area contributed by atoms with Crippen LogP contribution in [0.1, 0.15) is 34.6 Å². The van der Waals surface area contributed by atoms with Crippen molar-refractivity contribution in [3.63, 3.8) is 0 Å². The van der Waals surface area contributed by atoms with Crippen molar-refractivity contribution >= 4 is 6.16 Å². The molecule has 0 N–H and O–H groups in total. The van der Waals surface area contributed by atoms with E-state index in [0.717, 1.165) is 0 Å². The average Bonchev–Trinajstić information content (AvgIpc) is 2.52. The molecule has 1 fully saturated rings. The van der Waals surface area contributed by atoms with Gasteiger partial charge in [0.25, 0.3) is 0 Å². The Hall–Kier alpha value is -0.770. The molecule has 1 heterocycles. The molecule has 0 amide bonds. The third kappa shape index (κ3) is 1.47. The van der Waals surface area contributed by atoms with Crippen molar-refractivity contribution in [2.45, 2.75) is 51.4 Å². The molecule has 1 saturated heterocycles. The summed E-state index contributed by atoms with van der Waals surface area (Å²) < 4.78 is 15.2. The van der Waals surface area contributed by atoms with E-state index >= 15 is 0 Å². The molecule has 82 valence electrons. The first kappa shape index (κ1) is 11.3. The van der Waals surface area contributed by atoms with Gasteiger partial charge in [-0.15, -0.1) is 0 Å². The van der Waals surface area contributed by atoms with Gasteiger partial charge >= 0.3 is 6.16 Å². The molecule has 4 heteroatoms. The second kappa shape index (κ2) is 2.86. The van der Waals surface area contributed by atoms with Crippen LogP contribution < -0.4 is 0 Å². The van der Waals surface area contributed by atoms with E-state index in [1.165, 1.54) is 7.11 Å². The van der Waals surface area contributed by atoms with E-state index in [1.807, 2.05) is 34.6 Å². The molecule has 0 aliphatic carbocycles. The fourth-order valence-corrected chi connectivity index (χ4v) is 1.68. The van der Waals surface area contributed by atoms with Crippen LogP contribution >= 0.6 is 0 Å². The number of carbonyl (C=O) groups is 1.